The molecule has 0 aliphatic carbocycles. The fourth-order valence-corrected chi connectivity index (χ4v) is 6.15. The van der Waals surface area contributed by atoms with Gasteiger partial charge in [0.15, 0.2) is 0 Å². The highest BCUT2D eigenvalue weighted by atomic mass is 35.5. The number of anilines is 1. The van der Waals surface area contributed by atoms with Crippen LogP contribution in [-0.4, -0.2) is 63.9 Å². The molecule has 2 atom stereocenters. The van der Waals surface area contributed by atoms with Crippen molar-refractivity contribution in [2.45, 2.75) is 63.5 Å². The van der Waals surface area contributed by atoms with Gasteiger partial charge in [-0.15, -0.1) is 0 Å². The normalized spacial score (nSPS) is 20.7. The summed E-state index contributed by atoms with van der Waals surface area (Å²) in [6.07, 6.45) is 3.57. The standard InChI is InChI=1S/C33H35ClFN5O4/c34-23-5-4-22(26(35)16-23)20-44-32-3-1-2-27(38-32)21-8-12-39(13-9-21)19-31-37-28-17-24(36-33(41)30-11-15-43-30)6-7-29(28)40(31)18-25-10-14-42-25/h1-7,16-17,21,25,30H,8-15,18-20H2,(H,36,41). The number of amides is 1. The fraction of sp³-hybridized carbons (Fsp3) is 0.424. The maximum atomic E-state index is 14.2. The maximum Gasteiger partial charge on any atom is 0.253 e. The fourth-order valence-electron chi connectivity index (χ4n) is 6.00. The number of nitrogens with zero attached hydrogens (tertiary/aromatic N) is 4. The van der Waals surface area contributed by atoms with E-state index in [4.69, 9.17) is 35.8 Å². The predicted octanol–water partition coefficient (Wildman–Crippen LogP) is 5.70. The highest BCUT2D eigenvalue weighted by Gasteiger charge is 2.28. The molecule has 7 rings (SSSR count). The summed E-state index contributed by atoms with van der Waals surface area (Å²) in [4.78, 5) is 24.6. The number of likely N-dealkylation sites (tertiary alicyclic amines) is 1. The minimum Gasteiger partial charge on any atom is -0.473 e. The summed E-state index contributed by atoms with van der Waals surface area (Å²) in [7, 11) is 0. The van der Waals surface area contributed by atoms with E-state index in [2.05, 4.69) is 14.8 Å². The van der Waals surface area contributed by atoms with Crippen molar-refractivity contribution in [1.82, 2.24) is 19.4 Å². The number of hydrogen-bond donors (Lipinski definition) is 1. The van der Waals surface area contributed by atoms with Gasteiger partial charge in [0.05, 0.1) is 36.8 Å². The van der Waals surface area contributed by atoms with Crippen molar-refractivity contribution in [2.24, 2.45) is 0 Å². The van der Waals surface area contributed by atoms with Crippen LogP contribution in [0.25, 0.3) is 11.0 Å². The Labute approximate surface area is 260 Å². The number of hydrogen-bond acceptors (Lipinski definition) is 7. The van der Waals surface area contributed by atoms with Crippen LogP contribution < -0.4 is 10.1 Å². The summed E-state index contributed by atoms with van der Waals surface area (Å²) in [5, 5.41) is 3.33. The number of pyridine rings is 1. The molecular weight excluding hydrogens is 585 g/mol. The maximum absolute atomic E-state index is 14.2. The third-order valence-electron chi connectivity index (χ3n) is 8.77. The van der Waals surface area contributed by atoms with Crippen molar-refractivity contribution in [3.63, 3.8) is 0 Å². The largest absolute Gasteiger partial charge is 0.473 e. The summed E-state index contributed by atoms with van der Waals surface area (Å²) < 4.78 is 33.4. The summed E-state index contributed by atoms with van der Waals surface area (Å²) in [6, 6.07) is 16.3. The molecule has 1 amide bonds. The lowest BCUT2D eigenvalue weighted by atomic mass is 9.93. The van der Waals surface area contributed by atoms with Crippen LogP contribution in [-0.2, 0) is 34.0 Å². The first kappa shape index (κ1) is 29.2. The molecule has 2 aromatic heterocycles. The molecule has 2 unspecified atom stereocenters. The number of ether oxygens (including phenoxy) is 3. The van der Waals surface area contributed by atoms with Crippen LogP contribution in [0.15, 0.2) is 54.6 Å². The molecule has 11 heteroatoms. The second-order valence-corrected chi connectivity index (χ2v) is 12.2. The zero-order valence-corrected chi connectivity index (χ0v) is 25.1. The summed E-state index contributed by atoms with van der Waals surface area (Å²) in [5.74, 6) is 1.31. The van der Waals surface area contributed by atoms with Crippen LogP contribution in [0.4, 0.5) is 10.1 Å². The number of carbonyl (C=O) groups excluding carboxylic acids is 1. The zero-order chi connectivity index (χ0) is 30.0. The molecule has 230 valence electrons. The van der Waals surface area contributed by atoms with Gasteiger partial charge < -0.3 is 24.1 Å². The topological polar surface area (TPSA) is 90.7 Å². The van der Waals surface area contributed by atoms with Gasteiger partial charge in [-0.3, -0.25) is 9.69 Å². The molecule has 3 saturated heterocycles. The highest BCUT2D eigenvalue weighted by Crippen LogP contribution is 2.30. The van der Waals surface area contributed by atoms with Crippen LogP contribution in [0.1, 0.15) is 48.7 Å². The van der Waals surface area contributed by atoms with Crippen LogP contribution in [0.2, 0.25) is 5.02 Å². The molecule has 0 saturated carbocycles. The van der Waals surface area contributed by atoms with Crippen molar-refractivity contribution < 1.29 is 23.4 Å². The quantitative estimate of drug-likeness (QED) is 0.244. The molecule has 3 aliphatic rings. The minimum atomic E-state index is -0.388. The van der Waals surface area contributed by atoms with Gasteiger partial charge >= 0.3 is 0 Å². The van der Waals surface area contributed by atoms with E-state index in [1.165, 1.54) is 6.07 Å². The molecule has 4 aromatic rings. The Bertz CT molecular complexity index is 1650. The van der Waals surface area contributed by atoms with Gasteiger partial charge in [0.1, 0.15) is 24.4 Å². The molecular formula is C33H35ClFN5O4. The van der Waals surface area contributed by atoms with Gasteiger partial charge in [0.2, 0.25) is 5.88 Å². The van der Waals surface area contributed by atoms with Gasteiger partial charge in [-0.2, -0.15) is 0 Å². The number of nitrogens with one attached hydrogen (secondary N) is 1. The molecule has 3 fully saturated rings. The lowest BCUT2D eigenvalue weighted by Crippen LogP contribution is -2.38. The molecule has 1 N–H and O–H groups in total. The third-order valence-corrected chi connectivity index (χ3v) is 9.01. The number of fused-ring (bicyclic) bond motifs is 1. The lowest BCUT2D eigenvalue weighted by Gasteiger charge is -2.32. The molecule has 2 aromatic carbocycles. The Morgan fingerprint density at radius 1 is 1.02 bits per heavy atom. The third kappa shape index (κ3) is 6.44. The summed E-state index contributed by atoms with van der Waals surface area (Å²) in [6.45, 7) is 4.86. The van der Waals surface area contributed by atoms with Crippen LogP contribution in [0.5, 0.6) is 5.88 Å². The Morgan fingerprint density at radius 2 is 1.84 bits per heavy atom. The van der Waals surface area contributed by atoms with E-state index in [1.54, 1.807) is 18.2 Å². The smallest absolute Gasteiger partial charge is 0.253 e. The average molecular weight is 620 g/mol. The van der Waals surface area contributed by atoms with Gasteiger partial charge in [-0.1, -0.05) is 23.7 Å². The van der Waals surface area contributed by atoms with Crippen molar-refractivity contribution in [3.05, 3.63) is 82.5 Å². The highest BCUT2D eigenvalue weighted by molar-refractivity contribution is 6.30. The summed E-state index contributed by atoms with van der Waals surface area (Å²) in [5.41, 5.74) is 4.07. The number of halogens is 2. The van der Waals surface area contributed by atoms with Crippen molar-refractivity contribution in [2.75, 3.05) is 31.6 Å². The number of carbonyl (C=O) groups is 1. The first-order valence-electron chi connectivity index (χ1n) is 15.3. The Balaban J connectivity index is 0.999. The second kappa shape index (κ2) is 12.8. The van der Waals surface area contributed by atoms with E-state index in [9.17, 15) is 9.18 Å². The molecule has 44 heavy (non-hydrogen) atoms. The first-order valence-corrected chi connectivity index (χ1v) is 15.7. The predicted molar refractivity (Wildman–Crippen MR) is 164 cm³/mol. The number of aromatic nitrogens is 3. The van der Waals surface area contributed by atoms with Crippen molar-refractivity contribution in [3.8, 4) is 5.88 Å². The minimum absolute atomic E-state index is 0.0909. The van der Waals surface area contributed by atoms with Crippen LogP contribution in [0, 0.1) is 5.82 Å². The van der Waals surface area contributed by atoms with E-state index >= 15 is 0 Å². The second-order valence-electron chi connectivity index (χ2n) is 11.7. The molecule has 5 heterocycles. The SMILES string of the molecule is O=C(Nc1ccc2c(c1)nc(CN1CCC(c3cccc(OCc4ccc(Cl)cc4F)n3)CC1)n2CC1CCO1)C1CCO1. The monoisotopic (exact) mass is 619 g/mol. The Kier molecular flexibility index (Phi) is 8.49. The molecule has 9 nitrogen and oxygen atoms in total. The molecule has 0 spiro atoms. The Morgan fingerprint density at radius 3 is 2.57 bits per heavy atom. The molecule has 0 bridgehead atoms. The lowest BCUT2D eigenvalue weighted by molar-refractivity contribution is -0.139. The van der Waals surface area contributed by atoms with Gasteiger partial charge in [-0.05, 0) is 68.8 Å². The average Bonchev–Trinajstić information content (AvgIpc) is 3.29. The van der Waals surface area contributed by atoms with Crippen LogP contribution >= 0.6 is 11.6 Å². The van der Waals surface area contributed by atoms with Crippen molar-refractivity contribution in [1.29, 1.82) is 0 Å². The van der Waals surface area contributed by atoms with E-state index in [1.807, 2.05) is 30.3 Å². The van der Waals surface area contributed by atoms with E-state index in [0.29, 0.717) is 29.0 Å². The van der Waals surface area contributed by atoms with E-state index < -0.39 is 0 Å². The number of benzene rings is 2. The Hall–Kier alpha value is -3.57. The van der Waals surface area contributed by atoms with Gasteiger partial charge in [0.25, 0.3) is 5.91 Å². The van der Waals surface area contributed by atoms with Gasteiger partial charge in [0, 0.05) is 47.0 Å². The van der Waals surface area contributed by atoms with E-state index in [0.717, 1.165) is 86.7 Å². The molecule has 0 radical (unpaired) electrons. The molecule has 3 aliphatic heterocycles. The number of imidazole rings is 1. The zero-order valence-electron chi connectivity index (χ0n) is 24.4. The van der Waals surface area contributed by atoms with E-state index in [-0.39, 0.29) is 30.5 Å². The van der Waals surface area contributed by atoms with Crippen LogP contribution in [0.3, 0.4) is 0 Å². The number of piperidine rings is 1. The summed E-state index contributed by atoms with van der Waals surface area (Å²) >= 11 is 5.86. The first-order chi connectivity index (χ1) is 21.5. The van der Waals surface area contributed by atoms with Crippen molar-refractivity contribution >= 4 is 34.2 Å². The van der Waals surface area contributed by atoms with Gasteiger partial charge in [-0.25, -0.2) is 14.4 Å². The number of rotatable bonds is 10.